The Bertz CT molecular complexity index is 421. The van der Waals surface area contributed by atoms with Gasteiger partial charge in [-0.2, -0.15) is 0 Å². The smallest absolute Gasteiger partial charge is 0.407 e. The van der Waals surface area contributed by atoms with Crippen molar-refractivity contribution in [2.75, 3.05) is 6.61 Å². The molecule has 2 rings (SSSR count). The van der Waals surface area contributed by atoms with Crippen LogP contribution in [0.2, 0.25) is 0 Å². The van der Waals surface area contributed by atoms with Crippen molar-refractivity contribution in [1.29, 1.82) is 0 Å². The van der Waals surface area contributed by atoms with Crippen LogP contribution in [-0.4, -0.2) is 45.1 Å². The number of benzene rings is 1. The van der Waals surface area contributed by atoms with Gasteiger partial charge in [-0.1, -0.05) is 24.3 Å². The summed E-state index contributed by atoms with van der Waals surface area (Å²) in [5.41, 5.74) is 1.98. The van der Waals surface area contributed by atoms with E-state index in [2.05, 4.69) is 0 Å². The Hall–Kier alpha value is -1.59. The van der Waals surface area contributed by atoms with Crippen molar-refractivity contribution in [1.82, 2.24) is 4.90 Å². The average molecular weight is 237 g/mol. The maximum atomic E-state index is 11.1. The van der Waals surface area contributed by atoms with Crippen molar-refractivity contribution in [3.8, 4) is 0 Å². The molecule has 0 fully saturated rings. The van der Waals surface area contributed by atoms with Gasteiger partial charge in [0.25, 0.3) is 0 Å². The van der Waals surface area contributed by atoms with Gasteiger partial charge in [-0.05, 0) is 17.5 Å². The minimum atomic E-state index is -1.07. The summed E-state index contributed by atoms with van der Waals surface area (Å²) in [7, 11) is 0. The lowest BCUT2D eigenvalue weighted by atomic mass is 9.91. The van der Waals surface area contributed by atoms with Gasteiger partial charge in [0, 0.05) is 6.54 Å². The number of amides is 1. The topological polar surface area (TPSA) is 81.0 Å². The number of carbonyl (C=O) groups is 1. The Morgan fingerprint density at radius 1 is 1.41 bits per heavy atom. The normalized spacial score (nSPS) is 20.8. The van der Waals surface area contributed by atoms with E-state index >= 15 is 0 Å². The maximum absolute atomic E-state index is 11.1. The first kappa shape index (κ1) is 11.9. The van der Waals surface area contributed by atoms with E-state index < -0.39 is 24.8 Å². The molecule has 5 nitrogen and oxygen atoms in total. The zero-order valence-electron chi connectivity index (χ0n) is 9.28. The van der Waals surface area contributed by atoms with E-state index in [4.69, 9.17) is 10.2 Å². The average Bonchev–Trinajstić information content (AvgIpc) is 2.36. The summed E-state index contributed by atoms with van der Waals surface area (Å²) in [5.74, 6) is 0. The SMILES string of the molecule is O=C(O)N1Cc2ccccc2C[C@H]1[C@H](O)CO. The fraction of sp³-hybridized carbons (Fsp3) is 0.417. The Labute approximate surface area is 98.9 Å². The molecular formula is C12H15NO4. The molecule has 17 heavy (non-hydrogen) atoms. The van der Waals surface area contributed by atoms with Gasteiger partial charge in [0.15, 0.2) is 0 Å². The molecule has 1 aromatic rings. The molecule has 0 aliphatic carbocycles. The fourth-order valence-electron chi connectivity index (χ4n) is 2.22. The number of carboxylic acid groups (broad SMARTS) is 1. The van der Waals surface area contributed by atoms with Crippen molar-refractivity contribution < 1.29 is 20.1 Å². The molecule has 0 saturated carbocycles. The number of hydrogen-bond acceptors (Lipinski definition) is 3. The molecule has 0 unspecified atom stereocenters. The third-order valence-electron chi connectivity index (χ3n) is 3.17. The van der Waals surface area contributed by atoms with Gasteiger partial charge in [-0.25, -0.2) is 4.79 Å². The number of nitrogens with zero attached hydrogens (tertiary/aromatic N) is 1. The molecule has 5 heteroatoms. The summed E-state index contributed by atoms with van der Waals surface area (Å²) in [6.45, 7) is -0.177. The van der Waals surface area contributed by atoms with Crippen LogP contribution in [0.25, 0.3) is 0 Å². The van der Waals surface area contributed by atoms with E-state index in [1.165, 1.54) is 4.90 Å². The Morgan fingerprint density at radius 2 is 2.06 bits per heavy atom. The Balaban J connectivity index is 2.31. The highest BCUT2D eigenvalue weighted by Gasteiger charge is 2.33. The van der Waals surface area contributed by atoms with Crippen LogP contribution >= 0.6 is 0 Å². The second kappa shape index (κ2) is 4.73. The van der Waals surface area contributed by atoms with Crippen molar-refractivity contribution in [3.63, 3.8) is 0 Å². The van der Waals surface area contributed by atoms with Crippen LogP contribution in [-0.2, 0) is 13.0 Å². The molecule has 92 valence electrons. The van der Waals surface area contributed by atoms with E-state index in [1.807, 2.05) is 24.3 Å². The van der Waals surface area contributed by atoms with E-state index in [0.29, 0.717) is 6.42 Å². The highest BCUT2D eigenvalue weighted by atomic mass is 16.4. The molecule has 1 aliphatic rings. The minimum Gasteiger partial charge on any atom is -0.465 e. The summed E-state index contributed by atoms with van der Waals surface area (Å²) in [4.78, 5) is 12.3. The number of rotatable bonds is 2. The van der Waals surface area contributed by atoms with Crippen LogP contribution in [0.15, 0.2) is 24.3 Å². The molecule has 1 heterocycles. The second-order valence-electron chi connectivity index (χ2n) is 4.20. The monoisotopic (exact) mass is 237 g/mol. The summed E-state index contributed by atoms with van der Waals surface area (Å²) in [6, 6.07) is 6.98. The zero-order valence-corrected chi connectivity index (χ0v) is 9.28. The van der Waals surface area contributed by atoms with Gasteiger partial charge in [0.05, 0.1) is 18.8 Å². The Kier molecular flexibility index (Phi) is 3.31. The summed E-state index contributed by atoms with van der Waals surface area (Å²) < 4.78 is 0. The predicted octanol–water partition coefficient (Wildman–Crippen LogP) is 0.444. The largest absolute Gasteiger partial charge is 0.465 e. The third-order valence-corrected chi connectivity index (χ3v) is 3.17. The Morgan fingerprint density at radius 3 is 2.65 bits per heavy atom. The molecule has 2 atom stereocenters. The molecule has 1 amide bonds. The van der Waals surface area contributed by atoms with Crippen LogP contribution < -0.4 is 0 Å². The van der Waals surface area contributed by atoms with Crippen LogP contribution in [0.3, 0.4) is 0 Å². The second-order valence-corrected chi connectivity index (χ2v) is 4.20. The highest BCUT2D eigenvalue weighted by molar-refractivity contribution is 5.66. The van der Waals surface area contributed by atoms with E-state index in [1.54, 1.807) is 0 Å². The molecule has 0 saturated heterocycles. The lowest BCUT2D eigenvalue weighted by Gasteiger charge is -2.37. The van der Waals surface area contributed by atoms with Gasteiger partial charge < -0.3 is 15.3 Å². The standard InChI is InChI=1S/C12H15NO4/c14-7-11(15)10-5-8-3-1-2-4-9(8)6-13(10)12(16)17/h1-4,10-11,14-15H,5-7H2,(H,16,17)/t10-,11+/m0/s1. The fourth-order valence-corrected chi connectivity index (χ4v) is 2.22. The third kappa shape index (κ3) is 2.25. The lowest BCUT2D eigenvalue weighted by Crippen LogP contribution is -2.51. The first-order valence-corrected chi connectivity index (χ1v) is 5.48. The molecule has 1 aliphatic heterocycles. The minimum absolute atomic E-state index is 0.257. The summed E-state index contributed by atoms with van der Waals surface area (Å²) in [5, 5.41) is 27.7. The van der Waals surface area contributed by atoms with E-state index in [0.717, 1.165) is 11.1 Å². The first-order chi connectivity index (χ1) is 8.13. The van der Waals surface area contributed by atoms with Crippen LogP contribution in [0.4, 0.5) is 4.79 Å². The molecular weight excluding hydrogens is 222 g/mol. The zero-order chi connectivity index (χ0) is 12.4. The molecule has 1 aromatic carbocycles. The van der Waals surface area contributed by atoms with Gasteiger partial charge in [0.1, 0.15) is 0 Å². The highest BCUT2D eigenvalue weighted by Crippen LogP contribution is 2.25. The quantitative estimate of drug-likeness (QED) is 0.697. The van der Waals surface area contributed by atoms with Crippen molar-refractivity contribution in [2.45, 2.75) is 25.1 Å². The molecule has 0 bridgehead atoms. The molecule has 3 N–H and O–H groups in total. The number of aliphatic hydroxyl groups is 2. The van der Waals surface area contributed by atoms with Crippen molar-refractivity contribution >= 4 is 6.09 Å². The van der Waals surface area contributed by atoms with Crippen LogP contribution in [0.1, 0.15) is 11.1 Å². The van der Waals surface area contributed by atoms with Crippen LogP contribution in [0.5, 0.6) is 0 Å². The van der Waals surface area contributed by atoms with Gasteiger partial charge in [0.2, 0.25) is 0 Å². The van der Waals surface area contributed by atoms with Gasteiger partial charge >= 0.3 is 6.09 Å². The number of fused-ring (bicyclic) bond motifs is 1. The van der Waals surface area contributed by atoms with Crippen molar-refractivity contribution in [3.05, 3.63) is 35.4 Å². The van der Waals surface area contributed by atoms with E-state index in [-0.39, 0.29) is 6.54 Å². The lowest BCUT2D eigenvalue weighted by molar-refractivity contribution is 0.00756. The summed E-state index contributed by atoms with van der Waals surface area (Å²) >= 11 is 0. The first-order valence-electron chi connectivity index (χ1n) is 5.48. The molecule has 0 radical (unpaired) electrons. The summed E-state index contributed by atoms with van der Waals surface area (Å²) in [6.07, 6.45) is -1.68. The van der Waals surface area contributed by atoms with E-state index in [9.17, 15) is 9.90 Å². The molecule has 0 spiro atoms. The number of hydrogen-bond donors (Lipinski definition) is 3. The van der Waals surface area contributed by atoms with Gasteiger partial charge in [-0.3, -0.25) is 4.90 Å². The predicted molar refractivity (Wildman–Crippen MR) is 60.6 cm³/mol. The van der Waals surface area contributed by atoms with Crippen molar-refractivity contribution in [2.24, 2.45) is 0 Å². The maximum Gasteiger partial charge on any atom is 0.407 e. The number of aliphatic hydroxyl groups excluding tert-OH is 2. The van der Waals surface area contributed by atoms with Crippen LogP contribution in [0, 0.1) is 0 Å². The molecule has 0 aromatic heterocycles. The van der Waals surface area contributed by atoms with Gasteiger partial charge in [-0.15, -0.1) is 0 Å².